The van der Waals surface area contributed by atoms with E-state index >= 15 is 0 Å². The van der Waals surface area contributed by atoms with Crippen LogP contribution in [0.25, 0.3) is 33.4 Å². The van der Waals surface area contributed by atoms with Gasteiger partial charge in [0, 0.05) is 22.4 Å². The molecule has 6 aromatic rings. The molecule has 1 nitrogen and oxygen atoms in total. The van der Waals surface area contributed by atoms with Crippen LogP contribution in [-0.2, 0) is 10.8 Å². The van der Waals surface area contributed by atoms with Crippen molar-refractivity contribution in [1.82, 2.24) is 0 Å². The maximum Gasteiger partial charge on any atom is 0.0543 e. The van der Waals surface area contributed by atoms with Crippen LogP contribution < -0.4 is 4.90 Å². The highest BCUT2D eigenvalue weighted by atomic mass is 15.1. The van der Waals surface area contributed by atoms with Gasteiger partial charge < -0.3 is 4.90 Å². The summed E-state index contributed by atoms with van der Waals surface area (Å²) in [6.45, 7) is 11.7. The molecule has 0 aromatic heterocycles. The zero-order chi connectivity index (χ0) is 30.5. The third-order valence-electron chi connectivity index (χ3n) is 9.21. The van der Waals surface area contributed by atoms with Crippen LogP contribution >= 0.6 is 0 Å². The SMILES string of the molecule is CC(C)(C)c1cc(-c2ccccc2)ccc1N(c1ccc(-c2ccccc2)cc1)c1cccc2c1-c1ccccc1C2(C)C. The van der Waals surface area contributed by atoms with Crippen molar-refractivity contribution >= 4 is 17.1 Å². The fraction of sp³-hybridized carbons (Fsp3) is 0.163. The van der Waals surface area contributed by atoms with E-state index in [1.165, 1.54) is 61.4 Å². The second kappa shape index (κ2) is 10.7. The number of benzene rings is 6. The van der Waals surface area contributed by atoms with Crippen LogP contribution in [0.1, 0.15) is 51.3 Å². The Labute approximate surface area is 262 Å². The molecule has 0 amide bonds. The second-order valence-electron chi connectivity index (χ2n) is 13.5. The molecule has 0 radical (unpaired) electrons. The maximum absolute atomic E-state index is 2.50. The van der Waals surface area contributed by atoms with Gasteiger partial charge in [0.25, 0.3) is 0 Å². The zero-order valence-electron chi connectivity index (χ0n) is 26.3. The number of nitrogens with zero attached hydrogens (tertiary/aromatic N) is 1. The molecule has 1 aliphatic rings. The predicted octanol–water partition coefficient (Wildman–Crippen LogP) is 12.1. The van der Waals surface area contributed by atoms with Gasteiger partial charge in [0.15, 0.2) is 0 Å². The topological polar surface area (TPSA) is 3.24 Å². The summed E-state index contributed by atoms with van der Waals surface area (Å²) in [4.78, 5) is 2.50. The standard InChI is InChI=1S/C43H39N/c1-42(2,3)38-29-33(31-17-10-7-11-18-31)25-28-39(38)44(34-26-23-32(24-27-34)30-15-8-6-9-16-30)40-22-14-21-37-41(40)35-19-12-13-20-36(35)43(37,4)5/h6-29H,1-5H3. The minimum Gasteiger partial charge on any atom is -0.310 e. The molecule has 0 N–H and O–H groups in total. The molecule has 216 valence electrons. The molecule has 1 aliphatic carbocycles. The number of fused-ring (bicyclic) bond motifs is 3. The van der Waals surface area contributed by atoms with Crippen molar-refractivity contribution in [3.8, 4) is 33.4 Å². The zero-order valence-corrected chi connectivity index (χ0v) is 26.3. The lowest BCUT2D eigenvalue weighted by molar-refractivity contribution is 0.591. The van der Waals surface area contributed by atoms with Gasteiger partial charge in [-0.2, -0.15) is 0 Å². The summed E-state index contributed by atoms with van der Waals surface area (Å²) < 4.78 is 0. The van der Waals surface area contributed by atoms with Gasteiger partial charge >= 0.3 is 0 Å². The number of rotatable bonds is 5. The van der Waals surface area contributed by atoms with Gasteiger partial charge in [-0.05, 0) is 80.3 Å². The first-order valence-electron chi connectivity index (χ1n) is 15.6. The molecular weight excluding hydrogens is 530 g/mol. The molecule has 44 heavy (non-hydrogen) atoms. The Kier molecular flexibility index (Phi) is 6.78. The molecule has 0 unspecified atom stereocenters. The molecule has 0 atom stereocenters. The molecular formula is C43H39N. The molecule has 0 spiro atoms. The summed E-state index contributed by atoms with van der Waals surface area (Å²) >= 11 is 0. The van der Waals surface area contributed by atoms with Gasteiger partial charge in [-0.15, -0.1) is 0 Å². The van der Waals surface area contributed by atoms with Gasteiger partial charge in [0.05, 0.1) is 5.69 Å². The van der Waals surface area contributed by atoms with Crippen molar-refractivity contribution in [2.45, 2.75) is 45.4 Å². The van der Waals surface area contributed by atoms with Crippen molar-refractivity contribution in [1.29, 1.82) is 0 Å². The van der Waals surface area contributed by atoms with E-state index in [4.69, 9.17) is 0 Å². The summed E-state index contributed by atoms with van der Waals surface area (Å²) in [6, 6.07) is 53.3. The van der Waals surface area contributed by atoms with Crippen molar-refractivity contribution in [3.63, 3.8) is 0 Å². The van der Waals surface area contributed by atoms with Crippen molar-refractivity contribution in [2.75, 3.05) is 4.90 Å². The highest BCUT2D eigenvalue weighted by Crippen LogP contribution is 2.55. The fourth-order valence-electron chi connectivity index (χ4n) is 6.90. The summed E-state index contributed by atoms with van der Waals surface area (Å²) in [7, 11) is 0. The fourth-order valence-corrected chi connectivity index (χ4v) is 6.90. The number of anilines is 3. The first kappa shape index (κ1) is 27.9. The lowest BCUT2D eigenvalue weighted by atomic mass is 9.82. The van der Waals surface area contributed by atoms with E-state index in [-0.39, 0.29) is 10.8 Å². The smallest absolute Gasteiger partial charge is 0.0543 e. The average molecular weight is 570 g/mol. The Morgan fingerprint density at radius 3 is 1.68 bits per heavy atom. The van der Waals surface area contributed by atoms with Crippen LogP contribution in [0.2, 0.25) is 0 Å². The van der Waals surface area contributed by atoms with Crippen LogP contribution in [0.15, 0.2) is 146 Å². The minimum absolute atomic E-state index is 0.0746. The Bertz CT molecular complexity index is 1940. The first-order valence-corrected chi connectivity index (χ1v) is 15.6. The summed E-state index contributed by atoms with van der Waals surface area (Å²) in [5.41, 5.74) is 15.1. The van der Waals surface area contributed by atoms with Gasteiger partial charge in [0.2, 0.25) is 0 Å². The largest absolute Gasteiger partial charge is 0.310 e. The van der Waals surface area contributed by atoms with E-state index in [1.54, 1.807) is 0 Å². The molecule has 0 fully saturated rings. The minimum atomic E-state index is -0.0858. The van der Waals surface area contributed by atoms with Gasteiger partial charge in [-0.3, -0.25) is 0 Å². The second-order valence-corrected chi connectivity index (χ2v) is 13.5. The molecule has 0 aliphatic heterocycles. The summed E-state index contributed by atoms with van der Waals surface area (Å²) in [6.07, 6.45) is 0. The maximum atomic E-state index is 2.50. The molecule has 0 heterocycles. The quantitative estimate of drug-likeness (QED) is 0.200. The van der Waals surface area contributed by atoms with Gasteiger partial charge in [0.1, 0.15) is 0 Å². The summed E-state index contributed by atoms with van der Waals surface area (Å²) in [5.74, 6) is 0. The molecule has 0 saturated heterocycles. The van der Waals surface area contributed by atoms with Crippen LogP contribution in [0.4, 0.5) is 17.1 Å². The van der Waals surface area contributed by atoms with E-state index in [2.05, 4.69) is 185 Å². The van der Waals surface area contributed by atoms with Crippen molar-refractivity contribution < 1.29 is 0 Å². The van der Waals surface area contributed by atoms with Gasteiger partial charge in [-0.1, -0.05) is 150 Å². The van der Waals surface area contributed by atoms with E-state index in [0.29, 0.717) is 0 Å². The van der Waals surface area contributed by atoms with Crippen LogP contribution in [0.5, 0.6) is 0 Å². The first-order chi connectivity index (χ1) is 21.2. The third-order valence-corrected chi connectivity index (χ3v) is 9.21. The lowest BCUT2D eigenvalue weighted by Crippen LogP contribution is -2.20. The third kappa shape index (κ3) is 4.74. The highest BCUT2D eigenvalue weighted by Gasteiger charge is 2.38. The predicted molar refractivity (Wildman–Crippen MR) is 188 cm³/mol. The van der Waals surface area contributed by atoms with Crippen LogP contribution in [0.3, 0.4) is 0 Å². The summed E-state index contributed by atoms with van der Waals surface area (Å²) in [5, 5.41) is 0. The number of hydrogen-bond acceptors (Lipinski definition) is 1. The van der Waals surface area contributed by atoms with E-state index < -0.39 is 0 Å². The molecule has 0 saturated carbocycles. The Morgan fingerprint density at radius 2 is 1.02 bits per heavy atom. The molecule has 1 heteroatoms. The lowest BCUT2D eigenvalue weighted by Gasteiger charge is -2.34. The average Bonchev–Trinajstić information content (AvgIpc) is 3.29. The Morgan fingerprint density at radius 1 is 0.477 bits per heavy atom. The van der Waals surface area contributed by atoms with E-state index in [0.717, 1.165) is 5.69 Å². The monoisotopic (exact) mass is 569 g/mol. The molecule has 6 aromatic carbocycles. The molecule has 0 bridgehead atoms. The van der Waals surface area contributed by atoms with Crippen LogP contribution in [0, 0.1) is 0 Å². The van der Waals surface area contributed by atoms with Crippen molar-refractivity contribution in [3.05, 3.63) is 162 Å². The number of hydrogen-bond donors (Lipinski definition) is 0. The normalized spacial score (nSPS) is 13.3. The molecule has 7 rings (SSSR count). The Balaban J connectivity index is 1.49. The van der Waals surface area contributed by atoms with E-state index in [1.807, 2.05) is 0 Å². The van der Waals surface area contributed by atoms with Gasteiger partial charge in [-0.25, -0.2) is 0 Å². The van der Waals surface area contributed by atoms with Crippen LogP contribution in [-0.4, -0.2) is 0 Å². The highest BCUT2D eigenvalue weighted by molar-refractivity contribution is 5.96. The van der Waals surface area contributed by atoms with Crippen molar-refractivity contribution in [2.24, 2.45) is 0 Å². The Hall–Kier alpha value is -4.88. The van der Waals surface area contributed by atoms with E-state index in [9.17, 15) is 0 Å².